The van der Waals surface area contributed by atoms with Gasteiger partial charge in [0.1, 0.15) is 0 Å². The molecule has 1 amide bonds. The van der Waals surface area contributed by atoms with Crippen molar-refractivity contribution in [1.29, 1.82) is 0 Å². The van der Waals surface area contributed by atoms with Gasteiger partial charge in [0.25, 0.3) is 0 Å². The highest BCUT2D eigenvalue weighted by Gasteiger charge is 2.34. The monoisotopic (exact) mass is 305 g/mol. The van der Waals surface area contributed by atoms with Crippen molar-refractivity contribution in [3.05, 3.63) is 0 Å². The zero-order chi connectivity index (χ0) is 14.8. The van der Waals surface area contributed by atoms with Crippen LogP contribution in [0.1, 0.15) is 19.8 Å². The first-order valence-electron chi connectivity index (χ1n) is 7.05. The molecule has 2 heterocycles. The van der Waals surface area contributed by atoms with E-state index in [-0.39, 0.29) is 29.7 Å². The van der Waals surface area contributed by atoms with Gasteiger partial charge in [-0.25, -0.2) is 12.7 Å². The fourth-order valence-corrected chi connectivity index (χ4v) is 3.74. The summed E-state index contributed by atoms with van der Waals surface area (Å²) in [5, 5.41) is 2.96. The lowest BCUT2D eigenvalue weighted by Crippen LogP contribution is -2.50. The van der Waals surface area contributed by atoms with Crippen LogP contribution in [0.5, 0.6) is 0 Å². The number of hydrogen-bond acceptors (Lipinski definition) is 5. The number of sulfonamides is 1. The molecule has 0 spiro atoms. The molecule has 20 heavy (non-hydrogen) atoms. The first-order valence-corrected chi connectivity index (χ1v) is 8.66. The minimum Gasteiger partial charge on any atom is -0.379 e. The van der Waals surface area contributed by atoms with E-state index >= 15 is 0 Å². The van der Waals surface area contributed by atoms with Gasteiger partial charge >= 0.3 is 0 Å². The number of piperidine rings is 1. The SMILES string of the molecule is CCS(=O)(=O)N1CCC(NC(=O)C2COCC2N)CC1. The van der Waals surface area contributed by atoms with Gasteiger partial charge in [-0.1, -0.05) is 0 Å². The van der Waals surface area contributed by atoms with Crippen LogP contribution < -0.4 is 11.1 Å². The van der Waals surface area contributed by atoms with Crippen LogP contribution in [0.4, 0.5) is 0 Å². The Bertz CT molecular complexity index is 446. The Morgan fingerprint density at radius 2 is 2.00 bits per heavy atom. The van der Waals surface area contributed by atoms with Crippen molar-refractivity contribution in [1.82, 2.24) is 9.62 Å². The lowest BCUT2D eigenvalue weighted by molar-refractivity contribution is -0.126. The van der Waals surface area contributed by atoms with Gasteiger partial charge in [0.05, 0.1) is 24.9 Å². The van der Waals surface area contributed by atoms with Crippen molar-refractivity contribution in [3.63, 3.8) is 0 Å². The fourth-order valence-electron chi connectivity index (χ4n) is 2.61. The summed E-state index contributed by atoms with van der Waals surface area (Å²) in [6.07, 6.45) is 1.29. The second-order valence-corrected chi connectivity index (χ2v) is 7.65. The largest absolute Gasteiger partial charge is 0.379 e. The zero-order valence-corrected chi connectivity index (χ0v) is 12.6. The van der Waals surface area contributed by atoms with Gasteiger partial charge in [0.2, 0.25) is 15.9 Å². The number of ether oxygens (including phenoxy) is 1. The molecule has 0 aromatic rings. The van der Waals surface area contributed by atoms with Crippen molar-refractivity contribution in [2.45, 2.75) is 31.8 Å². The number of hydrogen-bond donors (Lipinski definition) is 2. The summed E-state index contributed by atoms with van der Waals surface area (Å²) in [4.78, 5) is 12.1. The highest BCUT2D eigenvalue weighted by molar-refractivity contribution is 7.89. The number of rotatable bonds is 4. The Kier molecular flexibility index (Phi) is 5.00. The summed E-state index contributed by atoms with van der Waals surface area (Å²) in [6, 6.07) is -0.214. The van der Waals surface area contributed by atoms with E-state index in [1.54, 1.807) is 6.92 Å². The van der Waals surface area contributed by atoms with E-state index < -0.39 is 10.0 Å². The number of carbonyl (C=O) groups excluding carboxylic acids is 1. The maximum Gasteiger partial charge on any atom is 0.227 e. The van der Waals surface area contributed by atoms with E-state index in [4.69, 9.17) is 10.5 Å². The summed E-state index contributed by atoms with van der Waals surface area (Å²) >= 11 is 0. The van der Waals surface area contributed by atoms with E-state index in [9.17, 15) is 13.2 Å². The third-order valence-electron chi connectivity index (χ3n) is 4.02. The molecule has 2 aliphatic heterocycles. The van der Waals surface area contributed by atoms with Crippen LogP contribution in [-0.4, -0.2) is 62.8 Å². The number of amides is 1. The molecule has 0 radical (unpaired) electrons. The Morgan fingerprint density at radius 3 is 2.50 bits per heavy atom. The van der Waals surface area contributed by atoms with Crippen LogP contribution in [0.15, 0.2) is 0 Å². The lowest BCUT2D eigenvalue weighted by atomic mass is 10.0. The van der Waals surface area contributed by atoms with E-state index in [1.165, 1.54) is 4.31 Å². The van der Waals surface area contributed by atoms with Crippen molar-refractivity contribution < 1.29 is 17.9 Å². The predicted octanol–water partition coefficient (Wildman–Crippen LogP) is -1.11. The van der Waals surface area contributed by atoms with Crippen molar-refractivity contribution in [2.75, 3.05) is 32.1 Å². The maximum atomic E-state index is 12.1. The normalized spacial score (nSPS) is 29.5. The van der Waals surface area contributed by atoms with Crippen molar-refractivity contribution in [2.24, 2.45) is 11.7 Å². The molecule has 2 unspecified atom stereocenters. The molecule has 2 aliphatic rings. The number of nitrogens with two attached hydrogens (primary N) is 1. The Hall–Kier alpha value is -0.700. The van der Waals surface area contributed by atoms with E-state index in [0.29, 0.717) is 39.1 Å². The minimum atomic E-state index is -3.12. The van der Waals surface area contributed by atoms with Crippen LogP contribution in [0.3, 0.4) is 0 Å². The van der Waals surface area contributed by atoms with Gasteiger partial charge in [-0.2, -0.15) is 0 Å². The van der Waals surface area contributed by atoms with Gasteiger partial charge in [-0.15, -0.1) is 0 Å². The molecule has 0 saturated carbocycles. The molecule has 3 N–H and O–H groups in total. The highest BCUT2D eigenvalue weighted by Crippen LogP contribution is 2.17. The van der Waals surface area contributed by atoms with Crippen LogP contribution in [0.2, 0.25) is 0 Å². The summed E-state index contributed by atoms with van der Waals surface area (Å²) in [5.74, 6) is -0.239. The molecule has 116 valence electrons. The molecule has 2 saturated heterocycles. The first-order chi connectivity index (χ1) is 9.44. The van der Waals surface area contributed by atoms with E-state index in [2.05, 4.69) is 5.32 Å². The molecule has 0 aromatic carbocycles. The van der Waals surface area contributed by atoms with Gasteiger partial charge in [0, 0.05) is 25.2 Å². The van der Waals surface area contributed by atoms with Gasteiger partial charge in [-0.3, -0.25) is 4.79 Å². The number of nitrogens with zero attached hydrogens (tertiary/aromatic N) is 1. The quantitative estimate of drug-likeness (QED) is 0.686. The zero-order valence-electron chi connectivity index (χ0n) is 11.7. The molecular formula is C12H23N3O4S. The van der Waals surface area contributed by atoms with Gasteiger partial charge in [0.15, 0.2) is 0 Å². The van der Waals surface area contributed by atoms with E-state index in [0.717, 1.165) is 0 Å². The van der Waals surface area contributed by atoms with Crippen LogP contribution in [0.25, 0.3) is 0 Å². The predicted molar refractivity (Wildman–Crippen MR) is 74.5 cm³/mol. The van der Waals surface area contributed by atoms with Crippen molar-refractivity contribution >= 4 is 15.9 Å². The Morgan fingerprint density at radius 1 is 1.35 bits per heavy atom. The fraction of sp³-hybridized carbons (Fsp3) is 0.917. The third-order valence-corrected chi connectivity index (χ3v) is 5.90. The second-order valence-electron chi connectivity index (χ2n) is 5.39. The van der Waals surface area contributed by atoms with Gasteiger partial charge in [-0.05, 0) is 19.8 Å². The molecule has 0 aromatic heterocycles. The summed E-state index contributed by atoms with van der Waals surface area (Å²) < 4.78 is 30.2. The van der Waals surface area contributed by atoms with Crippen molar-refractivity contribution in [3.8, 4) is 0 Å². The van der Waals surface area contributed by atoms with E-state index in [1.807, 2.05) is 0 Å². The smallest absolute Gasteiger partial charge is 0.227 e. The molecule has 7 nitrogen and oxygen atoms in total. The van der Waals surface area contributed by atoms with Crippen LogP contribution in [0, 0.1) is 5.92 Å². The highest BCUT2D eigenvalue weighted by atomic mass is 32.2. The summed E-state index contributed by atoms with van der Waals surface area (Å²) in [5.41, 5.74) is 5.81. The van der Waals surface area contributed by atoms with Gasteiger partial charge < -0.3 is 15.8 Å². The topological polar surface area (TPSA) is 102 Å². The van der Waals surface area contributed by atoms with Crippen LogP contribution >= 0.6 is 0 Å². The molecule has 2 fully saturated rings. The lowest BCUT2D eigenvalue weighted by Gasteiger charge is -2.32. The molecule has 8 heteroatoms. The number of nitrogens with one attached hydrogen (secondary N) is 1. The average molecular weight is 305 g/mol. The third kappa shape index (κ3) is 3.49. The molecule has 2 atom stereocenters. The second kappa shape index (κ2) is 6.38. The first kappa shape index (κ1) is 15.7. The Balaban J connectivity index is 1.81. The average Bonchev–Trinajstić information content (AvgIpc) is 2.85. The number of carbonyl (C=O) groups is 1. The molecule has 0 aliphatic carbocycles. The summed E-state index contributed by atoms with van der Waals surface area (Å²) in [7, 11) is -3.12. The molecule has 0 bridgehead atoms. The minimum absolute atomic E-state index is 0.0265. The summed E-state index contributed by atoms with van der Waals surface area (Å²) in [6.45, 7) is 3.37. The Labute approximate surface area is 119 Å². The standard InChI is InChI=1S/C12H23N3O4S/c1-2-20(17,18)15-5-3-9(4-6-15)14-12(16)10-7-19-8-11(10)13/h9-11H,2-8,13H2,1H3,(H,14,16). The molecule has 2 rings (SSSR count). The van der Waals surface area contributed by atoms with Crippen LogP contribution in [-0.2, 0) is 19.6 Å². The maximum absolute atomic E-state index is 12.1. The molecular weight excluding hydrogens is 282 g/mol.